The third-order valence-electron chi connectivity index (χ3n) is 2.44. The average Bonchev–Trinajstić information content (AvgIpc) is 2.39. The van der Waals surface area contributed by atoms with Gasteiger partial charge in [-0.2, -0.15) is 0 Å². The van der Waals surface area contributed by atoms with Crippen molar-refractivity contribution in [3.05, 3.63) is 23.9 Å². The van der Waals surface area contributed by atoms with E-state index in [1.807, 2.05) is 11.8 Å². The summed E-state index contributed by atoms with van der Waals surface area (Å²) in [5.74, 6) is 0.817. The second-order valence-electron chi connectivity index (χ2n) is 3.54. The number of aromatic nitrogens is 1. The van der Waals surface area contributed by atoms with Crippen molar-refractivity contribution in [2.75, 3.05) is 24.6 Å². The number of rotatable bonds is 6. The van der Waals surface area contributed by atoms with Crippen LogP contribution in [-0.4, -0.2) is 40.8 Å². The topological polar surface area (TPSA) is 95.0 Å². The molecule has 0 aliphatic rings. The van der Waals surface area contributed by atoms with Crippen molar-refractivity contribution in [1.82, 2.24) is 4.98 Å². The van der Waals surface area contributed by atoms with Gasteiger partial charge in [0, 0.05) is 31.5 Å². The maximum Gasteiger partial charge on any atom is 0.170 e. The van der Waals surface area contributed by atoms with Crippen LogP contribution < -0.4 is 10.6 Å². The highest BCUT2D eigenvalue weighted by Crippen LogP contribution is 2.12. The number of amidine groups is 1. The lowest BCUT2D eigenvalue weighted by Crippen LogP contribution is -2.26. The summed E-state index contributed by atoms with van der Waals surface area (Å²) in [5, 5.41) is 20.4. The van der Waals surface area contributed by atoms with Crippen LogP contribution in [0.5, 0.6) is 0 Å². The predicted molar refractivity (Wildman–Crippen MR) is 66.3 cm³/mol. The summed E-state index contributed by atoms with van der Waals surface area (Å²) in [4.78, 5) is 6.25. The normalized spacial score (nSPS) is 11.5. The van der Waals surface area contributed by atoms with Gasteiger partial charge in [-0.25, -0.2) is 4.98 Å². The number of pyridine rings is 1. The van der Waals surface area contributed by atoms with Gasteiger partial charge in [-0.3, -0.25) is 0 Å². The fourth-order valence-corrected chi connectivity index (χ4v) is 1.50. The maximum absolute atomic E-state index is 8.82. The highest BCUT2D eigenvalue weighted by Gasteiger charge is 2.07. The van der Waals surface area contributed by atoms with Gasteiger partial charge in [0.1, 0.15) is 5.82 Å². The van der Waals surface area contributed by atoms with Crippen LogP contribution >= 0.6 is 0 Å². The maximum atomic E-state index is 8.82. The Kier molecular flexibility index (Phi) is 5.22. The van der Waals surface area contributed by atoms with Gasteiger partial charge in [0.15, 0.2) is 5.84 Å². The molecule has 0 bridgehead atoms. The molecule has 0 unspecified atom stereocenters. The van der Waals surface area contributed by atoms with Crippen LogP contribution in [0.1, 0.15) is 18.9 Å². The molecule has 17 heavy (non-hydrogen) atoms. The van der Waals surface area contributed by atoms with Crippen LogP contribution in [0.15, 0.2) is 23.5 Å². The molecule has 0 aliphatic heterocycles. The van der Waals surface area contributed by atoms with Crippen LogP contribution in [0, 0.1) is 0 Å². The van der Waals surface area contributed by atoms with Crippen molar-refractivity contribution in [2.45, 2.75) is 13.3 Å². The SMILES string of the molecule is CCN(CCCO)c1cc(/C(N)=N/O)ccn1. The second kappa shape index (κ2) is 6.70. The Labute approximate surface area is 100 Å². The van der Waals surface area contributed by atoms with E-state index >= 15 is 0 Å². The molecule has 94 valence electrons. The van der Waals surface area contributed by atoms with E-state index in [4.69, 9.17) is 16.0 Å². The van der Waals surface area contributed by atoms with Crippen molar-refractivity contribution in [1.29, 1.82) is 0 Å². The van der Waals surface area contributed by atoms with Crippen LogP contribution in [0.25, 0.3) is 0 Å². The summed E-state index contributed by atoms with van der Waals surface area (Å²) < 4.78 is 0. The Morgan fingerprint density at radius 2 is 2.35 bits per heavy atom. The highest BCUT2D eigenvalue weighted by molar-refractivity contribution is 5.97. The molecule has 0 amide bonds. The number of nitrogens with zero attached hydrogens (tertiary/aromatic N) is 3. The predicted octanol–water partition coefficient (Wildman–Crippen LogP) is 0.385. The quantitative estimate of drug-likeness (QED) is 0.288. The summed E-state index contributed by atoms with van der Waals surface area (Å²) in [6.07, 6.45) is 2.30. The molecule has 0 fully saturated rings. The molecule has 1 aromatic rings. The first-order chi connectivity index (χ1) is 8.22. The second-order valence-corrected chi connectivity index (χ2v) is 3.54. The molecule has 0 spiro atoms. The average molecular weight is 238 g/mol. The molecular formula is C11H18N4O2. The van der Waals surface area contributed by atoms with E-state index in [1.165, 1.54) is 0 Å². The molecule has 0 saturated heterocycles. The molecule has 0 atom stereocenters. The minimum absolute atomic E-state index is 0.0619. The van der Waals surface area contributed by atoms with Gasteiger partial charge in [-0.15, -0.1) is 0 Å². The highest BCUT2D eigenvalue weighted by atomic mass is 16.4. The molecular weight excluding hydrogens is 220 g/mol. The van der Waals surface area contributed by atoms with Crippen molar-refractivity contribution < 1.29 is 10.3 Å². The van der Waals surface area contributed by atoms with Crippen molar-refractivity contribution >= 4 is 11.7 Å². The van der Waals surface area contributed by atoms with Crippen LogP contribution in [0.2, 0.25) is 0 Å². The molecule has 6 heteroatoms. The Morgan fingerprint density at radius 1 is 1.59 bits per heavy atom. The van der Waals surface area contributed by atoms with E-state index in [0.717, 1.165) is 18.9 Å². The molecule has 0 aromatic carbocycles. The molecule has 4 N–H and O–H groups in total. The zero-order chi connectivity index (χ0) is 12.7. The first kappa shape index (κ1) is 13.2. The van der Waals surface area contributed by atoms with E-state index in [1.54, 1.807) is 18.3 Å². The third-order valence-corrected chi connectivity index (χ3v) is 2.44. The third kappa shape index (κ3) is 3.60. The Hall–Kier alpha value is -1.82. The van der Waals surface area contributed by atoms with Crippen molar-refractivity contribution in [3.8, 4) is 0 Å². The lowest BCUT2D eigenvalue weighted by atomic mass is 10.2. The Bertz CT molecular complexity index is 381. The van der Waals surface area contributed by atoms with Gasteiger partial charge in [-0.1, -0.05) is 5.16 Å². The van der Waals surface area contributed by atoms with E-state index in [-0.39, 0.29) is 12.4 Å². The number of aliphatic hydroxyl groups excluding tert-OH is 1. The van der Waals surface area contributed by atoms with E-state index in [2.05, 4.69) is 10.1 Å². The van der Waals surface area contributed by atoms with Gasteiger partial charge in [0.2, 0.25) is 0 Å². The lowest BCUT2D eigenvalue weighted by Gasteiger charge is -2.21. The molecule has 0 aliphatic carbocycles. The molecule has 6 nitrogen and oxygen atoms in total. The minimum atomic E-state index is 0.0619. The first-order valence-corrected chi connectivity index (χ1v) is 5.52. The zero-order valence-corrected chi connectivity index (χ0v) is 9.87. The molecule has 0 saturated carbocycles. The van der Waals surface area contributed by atoms with Crippen LogP contribution in [0.4, 0.5) is 5.82 Å². The molecule has 1 aromatic heterocycles. The Morgan fingerprint density at radius 3 is 2.94 bits per heavy atom. The summed E-state index contributed by atoms with van der Waals surface area (Å²) in [5.41, 5.74) is 6.14. The summed E-state index contributed by atoms with van der Waals surface area (Å²) in [6, 6.07) is 3.44. The molecule has 1 heterocycles. The number of oxime groups is 1. The number of hydrogen-bond acceptors (Lipinski definition) is 5. The largest absolute Gasteiger partial charge is 0.409 e. The fourth-order valence-electron chi connectivity index (χ4n) is 1.50. The van der Waals surface area contributed by atoms with Crippen LogP contribution in [-0.2, 0) is 0 Å². The number of anilines is 1. The van der Waals surface area contributed by atoms with Crippen molar-refractivity contribution in [3.63, 3.8) is 0 Å². The van der Waals surface area contributed by atoms with Gasteiger partial charge in [0.05, 0.1) is 0 Å². The fraction of sp³-hybridized carbons (Fsp3) is 0.455. The van der Waals surface area contributed by atoms with Gasteiger partial charge in [-0.05, 0) is 25.5 Å². The number of nitrogens with two attached hydrogens (primary N) is 1. The number of hydrogen-bond donors (Lipinski definition) is 3. The lowest BCUT2D eigenvalue weighted by molar-refractivity contribution is 0.289. The minimum Gasteiger partial charge on any atom is -0.409 e. The summed E-state index contributed by atoms with van der Waals surface area (Å²) >= 11 is 0. The number of aliphatic hydroxyl groups is 1. The first-order valence-electron chi connectivity index (χ1n) is 5.52. The Balaban J connectivity index is 2.88. The molecule has 1 rings (SSSR count). The van der Waals surface area contributed by atoms with Gasteiger partial charge >= 0.3 is 0 Å². The summed E-state index contributed by atoms with van der Waals surface area (Å²) in [7, 11) is 0. The molecule has 0 radical (unpaired) electrons. The zero-order valence-electron chi connectivity index (χ0n) is 9.87. The standard InChI is InChI=1S/C11H18N4O2/c1-2-15(6-3-7-16)10-8-9(4-5-13-10)11(12)14-17/h4-5,8,16-17H,2-3,6-7H2,1H3,(H2,12,14). The van der Waals surface area contributed by atoms with E-state index in [9.17, 15) is 0 Å². The van der Waals surface area contributed by atoms with E-state index in [0.29, 0.717) is 12.0 Å². The van der Waals surface area contributed by atoms with Crippen molar-refractivity contribution in [2.24, 2.45) is 10.9 Å². The van der Waals surface area contributed by atoms with E-state index < -0.39 is 0 Å². The van der Waals surface area contributed by atoms with Crippen LogP contribution in [0.3, 0.4) is 0 Å². The smallest absolute Gasteiger partial charge is 0.170 e. The summed E-state index contributed by atoms with van der Waals surface area (Å²) in [6.45, 7) is 3.66. The van der Waals surface area contributed by atoms with Gasteiger partial charge in [0.25, 0.3) is 0 Å². The van der Waals surface area contributed by atoms with Gasteiger partial charge < -0.3 is 20.9 Å². The monoisotopic (exact) mass is 238 g/mol.